The monoisotopic (exact) mass is 379 g/mol. The summed E-state index contributed by atoms with van der Waals surface area (Å²) in [4.78, 5) is 16.9. The van der Waals surface area contributed by atoms with E-state index in [-0.39, 0.29) is 29.6 Å². The summed E-state index contributed by atoms with van der Waals surface area (Å²) >= 11 is 0. The highest BCUT2D eigenvalue weighted by atomic mass is 32.2. The van der Waals surface area contributed by atoms with Gasteiger partial charge in [-0.1, -0.05) is 31.5 Å². The molecule has 3 rings (SSSR count). The zero-order valence-electron chi connectivity index (χ0n) is 16.0. The van der Waals surface area contributed by atoms with Crippen LogP contribution in [0, 0.1) is 19.8 Å². The van der Waals surface area contributed by atoms with Crippen LogP contribution in [0.5, 0.6) is 0 Å². The quantitative estimate of drug-likeness (QED) is 0.875. The first-order valence-corrected chi connectivity index (χ1v) is 11.1. The lowest BCUT2D eigenvalue weighted by atomic mass is 10.0. The van der Waals surface area contributed by atoms with E-state index in [1.54, 1.807) is 4.90 Å². The van der Waals surface area contributed by atoms with E-state index in [4.69, 9.17) is 0 Å². The minimum absolute atomic E-state index is 0.0621. The van der Waals surface area contributed by atoms with Crippen LogP contribution in [0.25, 0.3) is 0 Å². The summed E-state index contributed by atoms with van der Waals surface area (Å²) in [6.07, 6.45) is 0. The molecule has 2 aliphatic rings. The van der Waals surface area contributed by atoms with Gasteiger partial charge in [-0.2, -0.15) is 0 Å². The van der Waals surface area contributed by atoms with Gasteiger partial charge in [0.2, 0.25) is 0 Å². The summed E-state index contributed by atoms with van der Waals surface area (Å²) in [5.74, 6) is 0.680. The molecule has 0 bridgehead atoms. The molecule has 2 heterocycles. The van der Waals surface area contributed by atoms with Gasteiger partial charge in [-0.15, -0.1) is 0 Å². The first-order chi connectivity index (χ1) is 12.2. The maximum atomic E-state index is 12.9. The molecule has 2 amide bonds. The number of nitrogens with zero attached hydrogens (tertiary/aromatic N) is 2. The fourth-order valence-corrected chi connectivity index (χ4v) is 6.13. The van der Waals surface area contributed by atoms with Crippen molar-refractivity contribution in [2.75, 3.05) is 36.5 Å². The lowest BCUT2D eigenvalue weighted by Gasteiger charge is -2.44. The van der Waals surface area contributed by atoms with Crippen LogP contribution in [0.4, 0.5) is 10.5 Å². The van der Waals surface area contributed by atoms with Crippen molar-refractivity contribution in [2.24, 2.45) is 5.92 Å². The van der Waals surface area contributed by atoms with Crippen LogP contribution in [0.3, 0.4) is 0 Å². The number of amides is 2. The molecule has 7 heteroatoms. The van der Waals surface area contributed by atoms with Crippen LogP contribution in [0.15, 0.2) is 18.2 Å². The fraction of sp³-hybridized carbons (Fsp3) is 0.632. The van der Waals surface area contributed by atoms with E-state index in [9.17, 15) is 13.2 Å². The largest absolute Gasteiger partial charge is 0.322 e. The Morgan fingerprint density at radius 1 is 1.19 bits per heavy atom. The smallest absolute Gasteiger partial charge is 0.318 e. The number of benzene rings is 1. The average molecular weight is 380 g/mol. The normalized spacial score (nSPS) is 25.3. The zero-order chi connectivity index (χ0) is 19.1. The van der Waals surface area contributed by atoms with Crippen molar-refractivity contribution in [1.29, 1.82) is 0 Å². The summed E-state index contributed by atoms with van der Waals surface area (Å²) in [7, 11) is -3.11. The number of piperazine rings is 1. The second-order valence-electron chi connectivity index (χ2n) is 8.04. The Morgan fingerprint density at radius 3 is 2.54 bits per heavy atom. The Bertz CT molecular complexity index is 791. The molecule has 0 saturated carbocycles. The molecular formula is C19H29N3O3S. The molecular weight excluding hydrogens is 350 g/mol. The number of aryl methyl sites for hydroxylation is 2. The molecule has 0 unspecified atom stereocenters. The first-order valence-electron chi connectivity index (χ1n) is 9.25. The van der Waals surface area contributed by atoms with Crippen molar-refractivity contribution in [1.82, 2.24) is 9.80 Å². The molecule has 1 aromatic rings. The molecule has 2 atom stereocenters. The maximum absolute atomic E-state index is 12.9. The van der Waals surface area contributed by atoms with Crippen LogP contribution in [0.2, 0.25) is 0 Å². The van der Waals surface area contributed by atoms with Crippen LogP contribution in [0.1, 0.15) is 25.0 Å². The predicted octanol–water partition coefficient (Wildman–Crippen LogP) is 2.27. The van der Waals surface area contributed by atoms with Crippen LogP contribution in [-0.4, -0.2) is 67.5 Å². The minimum atomic E-state index is -3.11. The standard InChI is InChI=1S/C19H29N3O3S/c1-13(2)10-21-7-8-22(18-12-26(24,25)11-17(18)21)19(23)20-16-6-5-14(3)9-15(16)4/h5-6,9,13,17-18H,7-8,10-12H2,1-4H3,(H,20,23)/t17-,18+/m0/s1. The molecule has 0 radical (unpaired) electrons. The lowest BCUT2D eigenvalue weighted by molar-refractivity contribution is 0.0625. The van der Waals surface area contributed by atoms with Crippen molar-refractivity contribution >= 4 is 21.6 Å². The number of fused-ring (bicyclic) bond motifs is 1. The third-order valence-electron chi connectivity index (χ3n) is 5.28. The van der Waals surface area contributed by atoms with Crippen LogP contribution < -0.4 is 5.32 Å². The summed E-state index contributed by atoms with van der Waals surface area (Å²) in [6, 6.07) is 5.33. The van der Waals surface area contributed by atoms with Crippen molar-refractivity contribution < 1.29 is 13.2 Å². The Balaban J connectivity index is 1.78. The van der Waals surface area contributed by atoms with Gasteiger partial charge in [-0.05, 0) is 31.4 Å². The van der Waals surface area contributed by atoms with Gasteiger partial charge in [0.25, 0.3) is 0 Å². The topological polar surface area (TPSA) is 69.7 Å². The van der Waals surface area contributed by atoms with Crippen molar-refractivity contribution in [2.45, 2.75) is 39.8 Å². The van der Waals surface area contributed by atoms with Crippen molar-refractivity contribution in [3.63, 3.8) is 0 Å². The van der Waals surface area contributed by atoms with E-state index in [1.165, 1.54) is 0 Å². The number of sulfone groups is 1. The second-order valence-corrected chi connectivity index (χ2v) is 10.2. The number of carbonyl (C=O) groups is 1. The highest BCUT2D eigenvalue weighted by Crippen LogP contribution is 2.28. The lowest BCUT2D eigenvalue weighted by Crippen LogP contribution is -2.61. The molecule has 26 heavy (non-hydrogen) atoms. The van der Waals surface area contributed by atoms with Gasteiger partial charge in [0.1, 0.15) is 0 Å². The van der Waals surface area contributed by atoms with E-state index in [2.05, 4.69) is 24.1 Å². The third-order valence-corrected chi connectivity index (χ3v) is 6.97. The van der Waals surface area contributed by atoms with E-state index in [0.717, 1.165) is 29.9 Å². The number of hydrogen-bond acceptors (Lipinski definition) is 4. The zero-order valence-corrected chi connectivity index (χ0v) is 16.8. The van der Waals surface area contributed by atoms with Crippen LogP contribution in [-0.2, 0) is 9.84 Å². The minimum Gasteiger partial charge on any atom is -0.318 e. The number of nitrogens with one attached hydrogen (secondary N) is 1. The molecule has 2 saturated heterocycles. The Kier molecular flexibility index (Phi) is 5.30. The first kappa shape index (κ1) is 19.2. The van der Waals surface area contributed by atoms with E-state index < -0.39 is 9.84 Å². The number of hydrogen-bond donors (Lipinski definition) is 1. The third kappa shape index (κ3) is 4.04. The molecule has 2 fully saturated rings. The molecule has 0 aromatic heterocycles. The van der Waals surface area contributed by atoms with Gasteiger partial charge >= 0.3 is 6.03 Å². The van der Waals surface area contributed by atoms with Gasteiger partial charge in [-0.3, -0.25) is 4.90 Å². The molecule has 1 aromatic carbocycles. The average Bonchev–Trinajstić information content (AvgIpc) is 2.85. The summed E-state index contributed by atoms with van der Waals surface area (Å²) in [5, 5.41) is 2.98. The summed E-state index contributed by atoms with van der Waals surface area (Å²) in [6.45, 7) is 10.4. The Morgan fingerprint density at radius 2 is 1.88 bits per heavy atom. The van der Waals surface area contributed by atoms with Gasteiger partial charge in [-0.25, -0.2) is 13.2 Å². The van der Waals surface area contributed by atoms with E-state index in [0.29, 0.717) is 12.5 Å². The predicted molar refractivity (Wildman–Crippen MR) is 104 cm³/mol. The Hall–Kier alpha value is -1.60. The number of carbonyl (C=O) groups excluding carboxylic acids is 1. The Labute approximate surface area is 156 Å². The van der Waals surface area contributed by atoms with E-state index in [1.807, 2.05) is 32.0 Å². The van der Waals surface area contributed by atoms with Gasteiger partial charge in [0.05, 0.1) is 17.5 Å². The molecule has 0 spiro atoms. The van der Waals surface area contributed by atoms with Gasteiger partial charge in [0, 0.05) is 31.4 Å². The number of rotatable bonds is 3. The second kappa shape index (κ2) is 7.19. The number of urea groups is 1. The molecule has 2 aliphatic heterocycles. The highest BCUT2D eigenvalue weighted by Gasteiger charge is 2.48. The molecule has 6 nitrogen and oxygen atoms in total. The van der Waals surface area contributed by atoms with Crippen molar-refractivity contribution in [3.8, 4) is 0 Å². The SMILES string of the molecule is Cc1ccc(NC(=O)N2CCN(CC(C)C)[C@H]3CS(=O)(=O)C[C@H]32)c(C)c1. The highest BCUT2D eigenvalue weighted by molar-refractivity contribution is 7.91. The summed E-state index contributed by atoms with van der Waals surface area (Å²) in [5.41, 5.74) is 2.93. The number of anilines is 1. The van der Waals surface area contributed by atoms with E-state index >= 15 is 0 Å². The molecule has 144 valence electrons. The van der Waals surface area contributed by atoms with Crippen molar-refractivity contribution in [3.05, 3.63) is 29.3 Å². The van der Waals surface area contributed by atoms with Gasteiger partial charge < -0.3 is 10.2 Å². The molecule has 0 aliphatic carbocycles. The maximum Gasteiger partial charge on any atom is 0.322 e. The van der Waals surface area contributed by atoms with Crippen LogP contribution >= 0.6 is 0 Å². The fourth-order valence-electron chi connectivity index (χ4n) is 4.11. The molecule has 1 N–H and O–H groups in total. The van der Waals surface area contributed by atoms with Gasteiger partial charge in [0.15, 0.2) is 9.84 Å². The summed E-state index contributed by atoms with van der Waals surface area (Å²) < 4.78 is 24.5.